The number of carbonyl (C=O) groups excluding carboxylic acids is 1. The van der Waals surface area contributed by atoms with E-state index in [2.05, 4.69) is 43.0 Å². The molecule has 1 fully saturated rings. The smallest absolute Gasteiger partial charge is 0.237 e. The van der Waals surface area contributed by atoms with E-state index in [-0.39, 0.29) is 11.8 Å². The van der Waals surface area contributed by atoms with Crippen LogP contribution in [0.3, 0.4) is 0 Å². The Morgan fingerprint density at radius 1 is 1.38 bits per heavy atom. The zero-order valence-electron chi connectivity index (χ0n) is 13.0. The van der Waals surface area contributed by atoms with Crippen molar-refractivity contribution in [2.45, 2.75) is 45.3 Å². The molecule has 1 aliphatic rings. The number of nitrogens with zero attached hydrogens (tertiary/aromatic N) is 2. The zero-order valence-corrected chi connectivity index (χ0v) is 13.7. The molecule has 1 saturated heterocycles. The highest BCUT2D eigenvalue weighted by atomic mass is 35.5. The molecule has 4 heteroatoms. The maximum atomic E-state index is 11.8. The quantitative estimate of drug-likeness (QED) is 0.780. The lowest BCUT2D eigenvalue weighted by Gasteiger charge is -2.41. The van der Waals surface area contributed by atoms with Gasteiger partial charge < -0.3 is 4.90 Å². The number of amides is 1. The fraction of sp³-hybridized carbons (Fsp3) is 0.588. The van der Waals surface area contributed by atoms with Gasteiger partial charge in [0, 0.05) is 31.7 Å². The highest BCUT2D eigenvalue weighted by molar-refractivity contribution is 6.27. The molecule has 1 aromatic rings. The number of piperidine rings is 1. The molecule has 3 nitrogen and oxygen atoms in total. The number of halogens is 1. The normalized spacial score (nSPS) is 19.3. The van der Waals surface area contributed by atoms with Crippen LogP contribution in [0, 0.1) is 0 Å². The van der Waals surface area contributed by atoms with Crippen molar-refractivity contribution in [1.82, 2.24) is 9.80 Å². The summed E-state index contributed by atoms with van der Waals surface area (Å²) in [4.78, 5) is 16.3. The molecule has 1 amide bonds. The average Bonchev–Trinajstić information content (AvgIpc) is 2.52. The van der Waals surface area contributed by atoms with E-state index in [0.29, 0.717) is 12.1 Å². The summed E-state index contributed by atoms with van der Waals surface area (Å²) < 4.78 is 0. The SMILES string of the molecule is CC(C)N(Cc1ccccc1)C1CCCN(C(=O)CCl)C1. The second-order valence-corrected chi connectivity index (χ2v) is 6.29. The molecule has 1 heterocycles. The highest BCUT2D eigenvalue weighted by Gasteiger charge is 2.28. The maximum absolute atomic E-state index is 11.8. The van der Waals surface area contributed by atoms with Crippen molar-refractivity contribution in [2.24, 2.45) is 0 Å². The average molecular weight is 309 g/mol. The van der Waals surface area contributed by atoms with Gasteiger partial charge >= 0.3 is 0 Å². The van der Waals surface area contributed by atoms with Crippen molar-refractivity contribution in [1.29, 1.82) is 0 Å². The molecule has 0 radical (unpaired) electrons. The number of hydrogen-bond acceptors (Lipinski definition) is 2. The third-order valence-corrected chi connectivity index (χ3v) is 4.43. The summed E-state index contributed by atoms with van der Waals surface area (Å²) in [6.07, 6.45) is 2.21. The summed E-state index contributed by atoms with van der Waals surface area (Å²) in [6.45, 7) is 7.04. The minimum absolute atomic E-state index is 0.0600. The summed E-state index contributed by atoms with van der Waals surface area (Å²) >= 11 is 5.70. The molecule has 0 bridgehead atoms. The van der Waals surface area contributed by atoms with Gasteiger partial charge in [0.25, 0.3) is 0 Å². The standard InChI is InChI=1S/C17H25ClN2O/c1-14(2)20(12-15-7-4-3-5-8-15)16-9-6-10-19(13-16)17(21)11-18/h3-5,7-8,14,16H,6,9-13H2,1-2H3. The van der Waals surface area contributed by atoms with Gasteiger partial charge in [0.15, 0.2) is 0 Å². The van der Waals surface area contributed by atoms with Crippen LogP contribution in [0.15, 0.2) is 30.3 Å². The van der Waals surface area contributed by atoms with E-state index in [9.17, 15) is 4.79 Å². The lowest BCUT2D eigenvalue weighted by Crippen LogP contribution is -2.51. The molecule has 0 aromatic heterocycles. The number of carbonyl (C=O) groups is 1. The molecule has 0 aliphatic carbocycles. The van der Waals surface area contributed by atoms with Crippen molar-refractivity contribution < 1.29 is 4.79 Å². The van der Waals surface area contributed by atoms with Crippen molar-refractivity contribution in [2.75, 3.05) is 19.0 Å². The lowest BCUT2D eigenvalue weighted by atomic mass is 10.0. The Hall–Kier alpha value is -1.06. The number of alkyl halides is 1. The Kier molecular flexibility index (Phi) is 6.07. The van der Waals surface area contributed by atoms with Crippen LogP contribution in [0.1, 0.15) is 32.3 Å². The number of benzene rings is 1. The largest absolute Gasteiger partial charge is 0.340 e. The second kappa shape index (κ2) is 7.81. The van der Waals surface area contributed by atoms with Crippen LogP contribution in [0.5, 0.6) is 0 Å². The van der Waals surface area contributed by atoms with Gasteiger partial charge in [-0.25, -0.2) is 0 Å². The Bertz CT molecular complexity index is 449. The van der Waals surface area contributed by atoms with Crippen LogP contribution >= 0.6 is 11.6 Å². The molecule has 0 spiro atoms. The molecule has 1 aromatic carbocycles. The predicted molar refractivity (Wildman–Crippen MR) is 87.4 cm³/mol. The van der Waals surface area contributed by atoms with E-state index in [1.807, 2.05) is 11.0 Å². The van der Waals surface area contributed by atoms with Crippen LogP contribution in [0.2, 0.25) is 0 Å². The van der Waals surface area contributed by atoms with E-state index in [0.717, 1.165) is 32.5 Å². The van der Waals surface area contributed by atoms with E-state index in [1.165, 1.54) is 5.56 Å². The van der Waals surface area contributed by atoms with Gasteiger partial charge in [-0.15, -0.1) is 11.6 Å². The molecule has 1 atom stereocenters. The van der Waals surface area contributed by atoms with Gasteiger partial charge in [-0.1, -0.05) is 30.3 Å². The molecule has 1 unspecified atom stereocenters. The molecule has 1 aliphatic heterocycles. The monoisotopic (exact) mass is 308 g/mol. The van der Waals surface area contributed by atoms with Crippen molar-refractivity contribution in [3.05, 3.63) is 35.9 Å². The summed E-state index contributed by atoms with van der Waals surface area (Å²) in [6, 6.07) is 11.4. The van der Waals surface area contributed by atoms with Crippen molar-refractivity contribution in [3.8, 4) is 0 Å². The topological polar surface area (TPSA) is 23.6 Å². The van der Waals surface area contributed by atoms with Crippen molar-refractivity contribution >= 4 is 17.5 Å². The molecule has 2 rings (SSSR count). The van der Waals surface area contributed by atoms with E-state index in [1.54, 1.807) is 0 Å². The lowest BCUT2D eigenvalue weighted by molar-refractivity contribution is -0.130. The van der Waals surface area contributed by atoms with Crippen molar-refractivity contribution in [3.63, 3.8) is 0 Å². The summed E-state index contributed by atoms with van der Waals surface area (Å²) in [7, 11) is 0. The summed E-state index contributed by atoms with van der Waals surface area (Å²) in [5.41, 5.74) is 1.33. The Balaban J connectivity index is 2.05. The third kappa shape index (κ3) is 4.45. The summed E-state index contributed by atoms with van der Waals surface area (Å²) in [5.74, 6) is 0.150. The minimum atomic E-state index is 0.0600. The van der Waals surface area contributed by atoms with E-state index >= 15 is 0 Å². The number of hydrogen-bond donors (Lipinski definition) is 0. The van der Waals surface area contributed by atoms with Gasteiger partial charge in [-0.3, -0.25) is 9.69 Å². The van der Waals surface area contributed by atoms with Gasteiger partial charge in [0.2, 0.25) is 5.91 Å². The van der Waals surface area contributed by atoms with Gasteiger partial charge in [-0.05, 0) is 32.3 Å². The maximum Gasteiger partial charge on any atom is 0.237 e. The highest BCUT2D eigenvalue weighted by Crippen LogP contribution is 2.21. The van der Waals surface area contributed by atoms with E-state index in [4.69, 9.17) is 11.6 Å². The van der Waals surface area contributed by atoms with Gasteiger partial charge in [-0.2, -0.15) is 0 Å². The molecular weight excluding hydrogens is 284 g/mol. The van der Waals surface area contributed by atoms with Gasteiger partial charge in [0.1, 0.15) is 5.88 Å². The molecule has 21 heavy (non-hydrogen) atoms. The molecule has 116 valence electrons. The Labute approximate surface area is 132 Å². The fourth-order valence-corrected chi connectivity index (χ4v) is 3.23. The van der Waals surface area contributed by atoms with E-state index < -0.39 is 0 Å². The Morgan fingerprint density at radius 3 is 2.71 bits per heavy atom. The predicted octanol–water partition coefficient (Wildman–Crippen LogP) is 3.13. The number of rotatable bonds is 5. The second-order valence-electron chi connectivity index (χ2n) is 6.02. The first-order valence-electron chi connectivity index (χ1n) is 7.75. The van der Waals surface area contributed by atoms with Gasteiger partial charge in [0.05, 0.1) is 0 Å². The first-order valence-corrected chi connectivity index (χ1v) is 8.28. The van der Waals surface area contributed by atoms with Crippen LogP contribution < -0.4 is 0 Å². The van der Waals surface area contributed by atoms with Crippen LogP contribution in [-0.2, 0) is 11.3 Å². The first kappa shape index (κ1) is 16.3. The van der Waals surface area contributed by atoms with Crippen LogP contribution in [0.4, 0.5) is 0 Å². The molecule has 0 saturated carbocycles. The van der Waals surface area contributed by atoms with Crippen LogP contribution in [0.25, 0.3) is 0 Å². The Morgan fingerprint density at radius 2 is 2.10 bits per heavy atom. The minimum Gasteiger partial charge on any atom is -0.340 e. The first-order chi connectivity index (χ1) is 10.1. The zero-order chi connectivity index (χ0) is 15.2. The molecule has 0 N–H and O–H groups in total. The third-order valence-electron chi connectivity index (χ3n) is 4.20. The van der Waals surface area contributed by atoms with Crippen LogP contribution in [-0.4, -0.2) is 46.8 Å². The number of likely N-dealkylation sites (tertiary alicyclic amines) is 1. The summed E-state index contributed by atoms with van der Waals surface area (Å²) in [5, 5.41) is 0. The molecular formula is C17H25ClN2O. The fourth-order valence-electron chi connectivity index (χ4n) is 3.06.